The Morgan fingerprint density at radius 3 is 2.53 bits per heavy atom. The average molecular weight is 270 g/mol. The molecule has 0 atom stereocenters. The van der Waals surface area contributed by atoms with Crippen LogP contribution >= 0.6 is 11.6 Å². The quantitative estimate of drug-likeness (QED) is 0.817. The van der Waals surface area contributed by atoms with Crippen LogP contribution in [0.2, 0.25) is 5.15 Å². The van der Waals surface area contributed by atoms with Gasteiger partial charge in [0.15, 0.2) is 5.82 Å². The Morgan fingerprint density at radius 1 is 1.11 bits per heavy atom. The first-order valence-corrected chi connectivity index (χ1v) is 5.65. The Bertz CT molecular complexity index is 712. The van der Waals surface area contributed by atoms with Gasteiger partial charge in [0.05, 0.1) is 16.8 Å². The fourth-order valence-corrected chi connectivity index (χ4v) is 1.64. The monoisotopic (exact) mass is 269 g/mol. The van der Waals surface area contributed by atoms with Gasteiger partial charge in [0, 0.05) is 5.69 Å². The van der Waals surface area contributed by atoms with E-state index in [1.807, 2.05) is 12.1 Å². The highest BCUT2D eigenvalue weighted by atomic mass is 35.5. The van der Waals surface area contributed by atoms with Crippen molar-refractivity contribution in [1.82, 2.24) is 4.98 Å². The fourth-order valence-electron chi connectivity index (χ4n) is 1.49. The van der Waals surface area contributed by atoms with Crippen molar-refractivity contribution >= 4 is 28.8 Å². The Kier molecular flexibility index (Phi) is 3.51. The number of aromatic nitrogens is 1. The molecule has 3 N–H and O–H groups in total. The van der Waals surface area contributed by atoms with Crippen LogP contribution in [0.25, 0.3) is 0 Å². The van der Waals surface area contributed by atoms with E-state index in [0.717, 1.165) is 0 Å². The van der Waals surface area contributed by atoms with Gasteiger partial charge in [0.1, 0.15) is 17.3 Å². The van der Waals surface area contributed by atoms with E-state index in [2.05, 4.69) is 10.3 Å². The summed E-state index contributed by atoms with van der Waals surface area (Å²) in [5, 5.41) is 21.1. The number of nitrogens with two attached hydrogens (primary N) is 1. The van der Waals surface area contributed by atoms with Gasteiger partial charge in [-0.05, 0) is 30.3 Å². The topological polar surface area (TPSA) is 98.5 Å². The number of nitrogens with zero attached hydrogens (tertiary/aromatic N) is 3. The lowest BCUT2D eigenvalue weighted by molar-refractivity contribution is 1.31. The molecule has 2 rings (SSSR count). The third-order valence-electron chi connectivity index (χ3n) is 2.42. The summed E-state index contributed by atoms with van der Waals surface area (Å²) in [7, 11) is 0. The second-order valence-electron chi connectivity index (χ2n) is 3.68. The highest BCUT2D eigenvalue weighted by Gasteiger charge is 2.06. The first-order valence-electron chi connectivity index (χ1n) is 5.27. The number of pyridine rings is 1. The minimum Gasteiger partial charge on any atom is -0.396 e. The number of halogens is 1. The molecule has 0 aliphatic carbocycles. The number of nitrogens with one attached hydrogen (secondary N) is 1. The van der Waals surface area contributed by atoms with Gasteiger partial charge in [-0.3, -0.25) is 0 Å². The number of anilines is 3. The van der Waals surface area contributed by atoms with Crippen molar-refractivity contribution in [3.05, 3.63) is 46.6 Å². The molecular weight excluding hydrogens is 262 g/mol. The molecule has 0 radical (unpaired) electrons. The molecule has 0 spiro atoms. The maximum absolute atomic E-state index is 8.95. The second-order valence-corrected chi connectivity index (χ2v) is 4.07. The fraction of sp³-hybridized carbons (Fsp3) is 0. The van der Waals surface area contributed by atoms with Gasteiger partial charge in [-0.25, -0.2) is 4.98 Å². The second kappa shape index (κ2) is 5.26. The van der Waals surface area contributed by atoms with E-state index in [0.29, 0.717) is 27.9 Å². The van der Waals surface area contributed by atoms with Crippen molar-refractivity contribution < 1.29 is 0 Å². The summed E-state index contributed by atoms with van der Waals surface area (Å²) in [5.74, 6) is 0.404. The molecule has 0 saturated heterocycles. The molecule has 0 aliphatic heterocycles. The molecule has 0 unspecified atom stereocenters. The molecule has 5 nitrogen and oxygen atoms in total. The zero-order valence-corrected chi connectivity index (χ0v) is 10.4. The summed E-state index contributed by atoms with van der Waals surface area (Å²) in [6.45, 7) is 0. The lowest BCUT2D eigenvalue weighted by atomic mass is 10.1. The predicted molar refractivity (Wildman–Crippen MR) is 72.8 cm³/mol. The van der Waals surface area contributed by atoms with E-state index >= 15 is 0 Å². The molecule has 0 amide bonds. The Morgan fingerprint density at radius 2 is 1.84 bits per heavy atom. The van der Waals surface area contributed by atoms with Crippen molar-refractivity contribution in [3.8, 4) is 12.1 Å². The number of hydrogen-bond acceptors (Lipinski definition) is 5. The van der Waals surface area contributed by atoms with Crippen LogP contribution in [0.5, 0.6) is 0 Å². The highest BCUT2D eigenvalue weighted by molar-refractivity contribution is 6.29. The van der Waals surface area contributed by atoms with Crippen LogP contribution < -0.4 is 11.1 Å². The molecule has 2 aromatic rings. The summed E-state index contributed by atoms with van der Waals surface area (Å²) >= 11 is 5.79. The first kappa shape index (κ1) is 12.7. The predicted octanol–water partition coefficient (Wildman–Crippen LogP) is 2.80. The molecule has 19 heavy (non-hydrogen) atoms. The maximum Gasteiger partial charge on any atom is 0.155 e. The molecule has 0 saturated carbocycles. The number of nitriles is 2. The van der Waals surface area contributed by atoms with Crippen LogP contribution in [0.3, 0.4) is 0 Å². The van der Waals surface area contributed by atoms with Gasteiger partial charge in [-0.1, -0.05) is 11.6 Å². The van der Waals surface area contributed by atoms with Crippen LogP contribution in [0.1, 0.15) is 11.1 Å². The maximum atomic E-state index is 8.95. The van der Waals surface area contributed by atoms with Crippen molar-refractivity contribution in [2.24, 2.45) is 0 Å². The smallest absolute Gasteiger partial charge is 0.155 e. The standard InChI is InChI=1S/C13H8ClN5/c14-12-4-3-11(17)13(19-12)18-10-2-1-8(6-15)9(5-10)7-16/h1-5H,17H2,(H,18,19). The molecule has 6 heteroatoms. The van der Waals surface area contributed by atoms with E-state index in [9.17, 15) is 0 Å². The summed E-state index contributed by atoms with van der Waals surface area (Å²) < 4.78 is 0. The molecule has 0 fully saturated rings. The third kappa shape index (κ3) is 2.74. The van der Waals surface area contributed by atoms with Crippen LogP contribution in [-0.2, 0) is 0 Å². The van der Waals surface area contributed by atoms with Gasteiger partial charge >= 0.3 is 0 Å². The zero-order valence-electron chi connectivity index (χ0n) is 9.68. The Labute approximate surface area is 114 Å². The Balaban J connectivity index is 2.37. The molecule has 92 valence electrons. The van der Waals surface area contributed by atoms with E-state index in [1.54, 1.807) is 30.3 Å². The van der Waals surface area contributed by atoms with Crippen molar-refractivity contribution in [2.45, 2.75) is 0 Å². The average Bonchev–Trinajstić information content (AvgIpc) is 2.42. The van der Waals surface area contributed by atoms with Crippen molar-refractivity contribution in [1.29, 1.82) is 10.5 Å². The van der Waals surface area contributed by atoms with Crippen LogP contribution in [0, 0.1) is 22.7 Å². The molecular formula is C13H8ClN5. The third-order valence-corrected chi connectivity index (χ3v) is 2.63. The van der Waals surface area contributed by atoms with Crippen molar-refractivity contribution in [3.63, 3.8) is 0 Å². The minimum atomic E-state index is 0.285. The summed E-state index contributed by atoms with van der Waals surface area (Å²) in [4.78, 5) is 4.05. The van der Waals surface area contributed by atoms with Gasteiger partial charge in [-0.2, -0.15) is 10.5 Å². The lowest BCUT2D eigenvalue weighted by Gasteiger charge is -2.09. The molecule has 1 aromatic carbocycles. The number of benzene rings is 1. The lowest BCUT2D eigenvalue weighted by Crippen LogP contribution is -1.99. The van der Waals surface area contributed by atoms with Crippen LogP contribution in [0.15, 0.2) is 30.3 Å². The first-order chi connectivity index (χ1) is 9.13. The van der Waals surface area contributed by atoms with Crippen LogP contribution in [0.4, 0.5) is 17.2 Å². The van der Waals surface area contributed by atoms with E-state index in [-0.39, 0.29) is 5.56 Å². The van der Waals surface area contributed by atoms with Crippen LogP contribution in [-0.4, -0.2) is 4.98 Å². The molecule has 1 heterocycles. The Hall–Kier alpha value is -2.76. The van der Waals surface area contributed by atoms with E-state index in [1.165, 1.54) is 0 Å². The summed E-state index contributed by atoms with van der Waals surface area (Å²) in [6, 6.07) is 11.9. The highest BCUT2D eigenvalue weighted by Crippen LogP contribution is 2.24. The minimum absolute atomic E-state index is 0.285. The zero-order chi connectivity index (χ0) is 13.8. The largest absolute Gasteiger partial charge is 0.396 e. The number of nitrogen functional groups attached to an aromatic ring is 1. The SMILES string of the molecule is N#Cc1ccc(Nc2nc(Cl)ccc2N)cc1C#N. The van der Waals surface area contributed by atoms with Gasteiger partial charge in [-0.15, -0.1) is 0 Å². The van der Waals surface area contributed by atoms with Gasteiger partial charge in [0.25, 0.3) is 0 Å². The summed E-state index contributed by atoms with van der Waals surface area (Å²) in [6.07, 6.45) is 0. The summed E-state index contributed by atoms with van der Waals surface area (Å²) in [5.41, 5.74) is 7.41. The molecule has 0 bridgehead atoms. The van der Waals surface area contributed by atoms with Gasteiger partial charge < -0.3 is 11.1 Å². The van der Waals surface area contributed by atoms with Crippen molar-refractivity contribution in [2.75, 3.05) is 11.1 Å². The van der Waals surface area contributed by atoms with Gasteiger partial charge in [0.2, 0.25) is 0 Å². The van der Waals surface area contributed by atoms with E-state index < -0.39 is 0 Å². The molecule has 1 aromatic heterocycles. The number of rotatable bonds is 2. The van der Waals surface area contributed by atoms with E-state index in [4.69, 9.17) is 27.9 Å². The number of hydrogen-bond donors (Lipinski definition) is 2. The molecule has 0 aliphatic rings. The normalized spacial score (nSPS) is 9.42.